The highest BCUT2D eigenvalue weighted by Gasteiger charge is 2.10. The van der Waals surface area contributed by atoms with E-state index in [0.29, 0.717) is 18.5 Å². The van der Waals surface area contributed by atoms with Crippen LogP contribution in [0.25, 0.3) is 0 Å². The zero-order valence-electron chi connectivity index (χ0n) is 8.94. The third kappa shape index (κ3) is 3.91. The van der Waals surface area contributed by atoms with Gasteiger partial charge in [-0.15, -0.1) is 0 Å². The molecule has 0 aliphatic rings. The van der Waals surface area contributed by atoms with Gasteiger partial charge in [0.05, 0.1) is 5.75 Å². The van der Waals surface area contributed by atoms with Crippen LogP contribution >= 0.6 is 0 Å². The van der Waals surface area contributed by atoms with Crippen molar-refractivity contribution in [2.24, 2.45) is 0 Å². The Hall–Kier alpha value is -1.03. The van der Waals surface area contributed by atoms with Crippen LogP contribution in [0.2, 0.25) is 0 Å². The lowest BCUT2D eigenvalue weighted by atomic mass is 10.1. The molecule has 1 aromatic rings. The van der Waals surface area contributed by atoms with Gasteiger partial charge in [0.2, 0.25) is 0 Å². The van der Waals surface area contributed by atoms with E-state index in [1.165, 1.54) is 0 Å². The molecule has 2 N–H and O–H groups in total. The van der Waals surface area contributed by atoms with Crippen molar-refractivity contribution in [3.05, 3.63) is 29.8 Å². The fraction of sp³-hybridized carbons (Fsp3) is 0.455. The molecule has 0 spiro atoms. The predicted octanol–water partition coefficient (Wildman–Crippen LogP) is 1.64. The largest absolute Gasteiger partial charge is 0.399 e. The monoisotopic (exact) mass is 227 g/mol. The van der Waals surface area contributed by atoms with Crippen molar-refractivity contribution < 1.29 is 8.42 Å². The van der Waals surface area contributed by atoms with Crippen molar-refractivity contribution >= 4 is 15.5 Å². The third-order valence-corrected chi connectivity index (χ3v) is 4.11. The zero-order valence-corrected chi connectivity index (χ0v) is 9.76. The highest BCUT2D eigenvalue weighted by atomic mass is 32.2. The van der Waals surface area contributed by atoms with Crippen LogP contribution in [0.4, 0.5) is 5.69 Å². The molecule has 0 fully saturated rings. The Morgan fingerprint density at radius 1 is 1.20 bits per heavy atom. The average Bonchev–Trinajstić information content (AvgIpc) is 2.16. The minimum Gasteiger partial charge on any atom is -0.399 e. The summed E-state index contributed by atoms with van der Waals surface area (Å²) in [5.74, 6) is 0.453. The van der Waals surface area contributed by atoms with E-state index in [0.717, 1.165) is 5.56 Å². The number of nitrogen functional groups attached to an aromatic ring is 1. The van der Waals surface area contributed by atoms with Gasteiger partial charge in [-0.2, -0.15) is 0 Å². The Morgan fingerprint density at radius 3 is 2.47 bits per heavy atom. The Kier molecular flexibility index (Phi) is 4.15. The van der Waals surface area contributed by atoms with Crippen LogP contribution < -0.4 is 5.73 Å². The molecule has 0 bridgehead atoms. The Labute approximate surface area is 91.2 Å². The van der Waals surface area contributed by atoms with Gasteiger partial charge < -0.3 is 5.73 Å². The number of anilines is 1. The first-order valence-corrected chi connectivity index (χ1v) is 6.91. The number of nitrogens with two attached hydrogens (primary N) is 1. The van der Waals surface area contributed by atoms with Crippen molar-refractivity contribution in [3.63, 3.8) is 0 Å². The molecular formula is C11H17NO2S. The van der Waals surface area contributed by atoms with Crippen LogP contribution in [-0.2, 0) is 16.3 Å². The van der Waals surface area contributed by atoms with Gasteiger partial charge in [-0.1, -0.05) is 25.1 Å². The molecule has 0 heterocycles. The molecule has 0 aromatic heterocycles. The van der Waals surface area contributed by atoms with Gasteiger partial charge in [0.15, 0.2) is 9.84 Å². The maximum Gasteiger partial charge on any atom is 0.150 e. The molecule has 1 rings (SSSR count). The van der Waals surface area contributed by atoms with Crippen molar-refractivity contribution in [3.8, 4) is 0 Å². The molecule has 0 amide bonds. The minimum absolute atomic E-state index is 0.190. The average molecular weight is 227 g/mol. The van der Waals surface area contributed by atoms with Crippen molar-refractivity contribution in [2.45, 2.75) is 19.8 Å². The van der Waals surface area contributed by atoms with Crippen molar-refractivity contribution in [1.29, 1.82) is 0 Å². The fourth-order valence-corrected chi connectivity index (χ4v) is 2.80. The normalized spacial score (nSPS) is 11.5. The summed E-state index contributed by atoms with van der Waals surface area (Å²) in [4.78, 5) is 0. The molecule has 1 aromatic carbocycles. The lowest BCUT2D eigenvalue weighted by Crippen LogP contribution is -2.13. The standard InChI is InChI=1S/C11H17NO2S/c1-2-8-15(13,14)9-7-10-5-3-4-6-11(10)12/h3-6H,2,7-9,12H2,1H3. The van der Waals surface area contributed by atoms with Gasteiger partial charge in [-0.25, -0.2) is 8.42 Å². The molecule has 15 heavy (non-hydrogen) atoms. The van der Waals surface area contributed by atoms with Crippen LogP contribution in [0.1, 0.15) is 18.9 Å². The number of para-hydroxylation sites is 1. The van der Waals surface area contributed by atoms with E-state index in [1.54, 1.807) is 6.07 Å². The van der Waals surface area contributed by atoms with Crippen LogP contribution in [-0.4, -0.2) is 19.9 Å². The zero-order chi connectivity index (χ0) is 11.3. The predicted molar refractivity (Wildman–Crippen MR) is 63.5 cm³/mol. The molecule has 0 atom stereocenters. The number of rotatable bonds is 5. The van der Waals surface area contributed by atoms with Gasteiger partial charge in [0.1, 0.15) is 0 Å². The summed E-state index contributed by atoms with van der Waals surface area (Å²) in [6, 6.07) is 7.39. The van der Waals surface area contributed by atoms with E-state index in [-0.39, 0.29) is 11.5 Å². The van der Waals surface area contributed by atoms with E-state index in [9.17, 15) is 8.42 Å². The van der Waals surface area contributed by atoms with Crippen LogP contribution in [0, 0.1) is 0 Å². The Balaban J connectivity index is 2.62. The summed E-state index contributed by atoms with van der Waals surface area (Å²) in [5, 5.41) is 0. The number of benzene rings is 1. The molecule has 0 saturated carbocycles. The minimum atomic E-state index is -2.90. The van der Waals surface area contributed by atoms with E-state index in [1.807, 2.05) is 25.1 Å². The van der Waals surface area contributed by atoms with E-state index < -0.39 is 9.84 Å². The van der Waals surface area contributed by atoms with Crippen molar-refractivity contribution in [2.75, 3.05) is 17.2 Å². The fourth-order valence-electron chi connectivity index (χ4n) is 1.44. The lowest BCUT2D eigenvalue weighted by Gasteiger charge is -2.05. The number of hydrogen-bond acceptors (Lipinski definition) is 3. The first-order chi connectivity index (χ1) is 7.05. The molecule has 3 nitrogen and oxygen atoms in total. The summed E-state index contributed by atoms with van der Waals surface area (Å²) >= 11 is 0. The molecule has 0 aliphatic carbocycles. The Morgan fingerprint density at radius 2 is 1.87 bits per heavy atom. The number of hydrogen-bond donors (Lipinski definition) is 1. The topological polar surface area (TPSA) is 60.2 Å². The number of aryl methyl sites for hydroxylation is 1. The molecule has 0 saturated heterocycles. The molecule has 0 radical (unpaired) electrons. The smallest absolute Gasteiger partial charge is 0.150 e. The summed E-state index contributed by atoms with van der Waals surface area (Å²) < 4.78 is 22.9. The Bertz CT molecular complexity index is 412. The van der Waals surface area contributed by atoms with Gasteiger partial charge in [0, 0.05) is 11.4 Å². The van der Waals surface area contributed by atoms with E-state index in [2.05, 4.69) is 0 Å². The van der Waals surface area contributed by atoms with E-state index >= 15 is 0 Å². The summed E-state index contributed by atoms with van der Waals surface area (Å²) in [6.07, 6.45) is 1.18. The second-order valence-corrected chi connectivity index (χ2v) is 5.90. The van der Waals surface area contributed by atoms with Crippen molar-refractivity contribution in [1.82, 2.24) is 0 Å². The third-order valence-electron chi connectivity index (χ3n) is 2.25. The lowest BCUT2D eigenvalue weighted by molar-refractivity contribution is 0.594. The molecule has 0 aliphatic heterocycles. The molecular weight excluding hydrogens is 210 g/mol. The highest BCUT2D eigenvalue weighted by Crippen LogP contribution is 2.12. The molecule has 84 valence electrons. The maximum atomic E-state index is 11.5. The van der Waals surface area contributed by atoms with Crippen LogP contribution in [0.15, 0.2) is 24.3 Å². The first-order valence-electron chi connectivity index (χ1n) is 5.09. The molecule has 4 heteroatoms. The maximum absolute atomic E-state index is 11.5. The SMILES string of the molecule is CCCS(=O)(=O)CCc1ccccc1N. The highest BCUT2D eigenvalue weighted by molar-refractivity contribution is 7.91. The molecule has 0 unspecified atom stereocenters. The number of sulfone groups is 1. The quantitative estimate of drug-likeness (QED) is 0.778. The van der Waals surface area contributed by atoms with Gasteiger partial charge in [-0.3, -0.25) is 0 Å². The van der Waals surface area contributed by atoms with Gasteiger partial charge >= 0.3 is 0 Å². The second kappa shape index (κ2) is 5.16. The summed E-state index contributed by atoms with van der Waals surface area (Å²) in [7, 11) is -2.90. The van der Waals surface area contributed by atoms with Gasteiger partial charge in [-0.05, 0) is 24.5 Å². The second-order valence-electron chi connectivity index (χ2n) is 3.60. The first kappa shape index (κ1) is 12.0. The van der Waals surface area contributed by atoms with Crippen LogP contribution in [0.3, 0.4) is 0 Å². The van der Waals surface area contributed by atoms with E-state index in [4.69, 9.17) is 5.73 Å². The summed E-state index contributed by atoms with van der Waals surface area (Å²) in [5.41, 5.74) is 7.31. The van der Waals surface area contributed by atoms with Crippen LogP contribution in [0.5, 0.6) is 0 Å². The van der Waals surface area contributed by atoms with Gasteiger partial charge in [0.25, 0.3) is 0 Å². The summed E-state index contributed by atoms with van der Waals surface area (Å²) in [6.45, 7) is 1.87.